The third-order valence-corrected chi connectivity index (χ3v) is 7.70. The summed E-state index contributed by atoms with van der Waals surface area (Å²) in [7, 11) is 1.65. The molecule has 1 saturated heterocycles. The molecule has 7 nitrogen and oxygen atoms in total. The van der Waals surface area contributed by atoms with Gasteiger partial charge in [0.1, 0.15) is 0 Å². The van der Waals surface area contributed by atoms with E-state index in [-0.39, 0.29) is 30.1 Å². The molecule has 0 unspecified atom stereocenters. The Bertz CT molecular complexity index is 1080. The largest absolute Gasteiger partial charge is 0.401 e. The summed E-state index contributed by atoms with van der Waals surface area (Å²) in [6, 6.07) is 1.92. The Morgan fingerprint density at radius 3 is 2.66 bits per heavy atom. The molecule has 1 saturated carbocycles. The molecule has 192 valence electrons. The number of hydrogen-bond acceptors (Lipinski definition) is 6. The summed E-state index contributed by atoms with van der Waals surface area (Å²) in [5.74, 6) is 0.775. The van der Waals surface area contributed by atoms with Crippen molar-refractivity contribution in [3.8, 4) is 0 Å². The first-order valence-electron chi connectivity index (χ1n) is 12.6. The highest BCUT2D eigenvalue weighted by molar-refractivity contribution is 5.80. The minimum absolute atomic E-state index is 0.0389. The molecule has 0 spiro atoms. The van der Waals surface area contributed by atoms with E-state index in [0.29, 0.717) is 19.0 Å². The van der Waals surface area contributed by atoms with Gasteiger partial charge < -0.3 is 15.2 Å². The van der Waals surface area contributed by atoms with Gasteiger partial charge in [-0.2, -0.15) is 13.2 Å². The number of fused-ring (bicyclic) bond motifs is 3. The van der Waals surface area contributed by atoms with Gasteiger partial charge in [-0.1, -0.05) is 6.08 Å². The molecule has 5 rings (SSSR count). The summed E-state index contributed by atoms with van der Waals surface area (Å²) in [5, 5.41) is 18.1. The first-order valence-corrected chi connectivity index (χ1v) is 12.6. The predicted octanol–water partition coefficient (Wildman–Crippen LogP) is 4.38. The lowest BCUT2D eigenvalue weighted by Gasteiger charge is -2.34. The van der Waals surface area contributed by atoms with E-state index in [2.05, 4.69) is 16.4 Å². The van der Waals surface area contributed by atoms with E-state index in [1.54, 1.807) is 12.0 Å². The van der Waals surface area contributed by atoms with Crippen LogP contribution in [0.25, 0.3) is 11.1 Å². The summed E-state index contributed by atoms with van der Waals surface area (Å²) >= 11 is 0. The Labute approximate surface area is 203 Å². The van der Waals surface area contributed by atoms with Crippen LogP contribution in [0.1, 0.15) is 69.0 Å². The van der Waals surface area contributed by atoms with Crippen molar-refractivity contribution in [3.63, 3.8) is 0 Å². The van der Waals surface area contributed by atoms with E-state index in [4.69, 9.17) is 9.84 Å². The summed E-state index contributed by atoms with van der Waals surface area (Å²) in [4.78, 5) is 6.16. The van der Waals surface area contributed by atoms with Crippen LogP contribution in [0.3, 0.4) is 0 Å². The molecule has 4 heterocycles. The molecule has 1 aliphatic carbocycles. The second-order valence-electron chi connectivity index (χ2n) is 10.3. The molecule has 2 fully saturated rings. The SMILES string of the molecule is COC[C@H](C)Nc1ncc2c(C3=C[C@@H]4CC[C@H](C3)N4CC(F)(F)F)cc([C@H]3CC[C@H](O)CC3)n2n1. The van der Waals surface area contributed by atoms with E-state index < -0.39 is 12.7 Å². The van der Waals surface area contributed by atoms with Gasteiger partial charge in [0.25, 0.3) is 0 Å². The van der Waals surface area contributed by atoms with Crippen molar-refractivity contribution in [2.45, 2.75) is 88.2 Å². The van der Waals surface area contributed by atoms with Crippen LogP contribution in [0.15, 0.2) is 18.3 Å². The molecular weight excluding hydrogens is 459 g/mol. The number of nitrogens with zero attached hydrogens (tertiary/aromatic N) is 4. The monoisotopic (exact) mass is 493 g/mol. The Hall–Kier alpha value is -2.17. The average molecular weight is 494 g/mol. The summed E-state index contributed by atoms with van der Waals surface area (Å²) in [5.41, 5.74) is 4.07. The van der Waals surface area contributed by atoms with Crippen LogP contribution in [0, 0.1) is 0 Å². The standard InChI is InChI=1S/C25H34F3N5O2/c1-15(13-35-2)30-24-29-12-23-21(11-22(33(23)31-24)16-3-7-20(34)8-4-16)17-9-18-5-6-19(10-17)32(18)14-25(26,27)28/h9,11-12,15-16,18-20,34H,3-8,10,13-14H2,1-2H3,(H,30,31)/t15-,16-,18-,19+,20-/m0/s1. The Morgan fingerprint density at radius 1 is 1.20 bits per heavy atom. The fourth-order valence-electron chi connectivity index (χ4n) is 6.08. The topological polar surface area (TPSA) is 74.9 Å². The van der Waals surface area contributed by atoms with Crippen molar-refractivity contribution in [1.29, 1.82) is 0 Å². The number of ether oxygens (including phenoxy) is 1. The number of alkyl halides is 3. The zero-order valence-corrected chi connectivity index (χ0v) is 20.3. The summed E-state index contributed by atoms with van der Waals surface area (Å²) < 4.78 is 46.6. The summed E-state index contributed by atoms with van der Waals surface area (Å²) in [6.07, 6.45) is 4.81. The lowest BCUT2D eigenvalue weighted by Crippen LogP contribution is -2.44. The van der Waals surface area contributed by atoms with Crippen LogP contribution in [-0.4, -0.2) is 75.3 Å². The zero-order chi connectivity index (χ0) is 24.7. The molecule has 10 heteroatoms. The van der Waals surface area contributed by atoms with Gasteiger partial charge in [-0.25, -0.2) is 9.50 Å². The first kappa shape index (κ1) is 24.5. The molecular formula is C25H34F3N5O2. The Morgan fingerprint density at radius 2 is 1.97 bits per heavy atom. The lowest BCUT2D eigenvalue weighted by atomic mass is 9.85. The van der Waals surface area contributed by atoms with Gasteiger partial charge in [-0.15, -0.1) is 5.10 Å². The average Bonchev–Trinajstić information content (AvgIpc) is 3.25. The normalized spacial score (nSPS) is 28.3. The van der Waals surface area contributed by atoms with Gasteiger partial charge in [0.2, 0.25) is 5.95 Å². The number of methoxy groups -OCH3 is 1. The predicted molar refractivity (Wildman–Crippen MR) is 127 cm³/mol. The molecule has 35 heavy (non-hydrogen) atoms. The minimum atomic E-state index is -4.19. The van der Waals surface area contributed by atoms with Crippen molar-refractivity contribution in [1.82, 2.24) is 19.5 Å². The Kier molecular flexibility index (Phi) is 6.80. The number of aromatic nitrogens is 3. The van der Waals surface area contributed by atoms with Gasteiger partial charge in [0, 0.05) is 42.4 Å². The van der Waals surface area contributed by atoms with Crippen LogP contribution in [0.2, 0.25) is 0 Å². The van der Waals surface area contributed by atoms with E-state index in [1.165, 1.54) is 0 Å². The van der Waals surface area contributed by atoms with Gasteiger partial charge in [0.05, 0.1) is 31.0 Å². The van der Waals surface area contributed by atoms with E-state index >= 15 is 0 Å². The molecule has 0 aromatic carbocycles. The highest BCUT2D eigenvalue weighted by atomic mass is 19.4. The third kappa shape index (κ3) is 5.20. The third-order valence-electron chi connectivity index (χ3n) is 7.70. The maximum absolute atomic E-state index is 13.1. The molecule has 0 radical (unpaired) electrons. The van der Waals surface area contributed by atoms with E-state index in [1.807, 2.05) is 23.7 Å². The second-order valence-corrected chi connectivity index (χ2v) is 10.3. The molecule has 2 N–H and O–H groups in total. The van der Waals surface area contributed by atoms with Crippen molar-refractivity contribution < 1.29 is 23.0 Å². The molecule has 2 bridgehead atoms. The van der Waals surface area contributed by atoms with Gasteiger partial charge in [-0.3, -0.25) is 4.90 Å². The molecule has 2 aromatic heterocycles. The van der Waals surface area contributed by atoms with Gasteiger partial charge in [-0.05, 0) is 63.5 Å². The first-order chi connectivity index (χ1) is 16.7. The van der Waals surface area contributed by atoms with Crippen LogP contribution in [-0.2, 0) is 4.74 Å². The van der Waals surface area contributed by atoms with Crippen LogP contribution in [0.4, 0.5) is 19.1 Å². The Balaban J connectivity index is 1.50. The summed E-state index contributed by atoms with van der Waals surface area (Å²) in [6.45, 7) is 1.67. The molecule has 3 atom stereocenters. The number of anilines is 1. The quantitative estimate of drug-likeness (QED) is 0.597. The van der Waals surface area contributed by atoms with Crippen molar-refractivity contribution in [2.75, 3.05) is 25.6 Å². The van der Waals surface area contributed by atoms with Crippen LogP contribution in [0.5, 0.6) is 0 Å². The number of hydrogen-bond donors (Lipinski definition) is 2. The number of aliphatic hydroxyl groups is 1. The number of rotatable bonds is 7. The number of aliphatic hydroxyl groups excluding tert-OH is 1. The van der Waals surface area contributed by atoms with Crippen LogP contribution < -0.4 is 5.32 Å². The van der Waals surface area contributed by atoms with Crippen molar-refractivity contribution in [3.05, 3.63) is 29.6 Å². The highest BCUT2D eigenvalue weighted by Crippen LogP contribution is 2.43. The highest BCUT2D eigenvalue weighted by Gasteiger charge is 2.43. The van der Waals surface area contributed by atoms with Crippen molar-refractivity contribution >= 4 is 17.0 Å². The van der Waals surface area contributed by atoms with Gasteiger partial charge >= 0.3 is 6.18 Å². The van der Waals surface area contributed by atoms with E-state index in [0.717, 1.165) is 60.9 Å². The molecule has 0 amide bonds. The lowest BCUT2D eigenvalue weighted by molar-refractivity contribution is -0.150. The van der Waals surface area contributed by atoms with Crippen LogP contribution >= 0.6 is 0 Å². The molecule has 2 aliphatic heterocycles. The molecule has 2 aromatic rings. The smallest absolute Gasteiger partial charge is 0.393 e. The van der Waals surface area contributed by atoms with E-state index in [9.17, 15) is 18.3 Å². The maximum Gasteiger partial charge on any atom is 0.401 e. The number of halogens is 3. The fraction of sp³-hybridized carbons (Fsp3) is 0.680. The maximum atomic E-state index is 13.1. The zero-order valence-electron chi connectivity index (χ0n) is 20.3. The second kappa shape index (κ2) is 9.71. The van der Waals surface area contributed by atoms with Gasteiger partial charge in [0.15, 0.2) is 0 Å². The molecule has 3 aliphatic rings. The van der Waals surface area contributed by atoms with Crippen molar-refractivity contribution in [2.24, 2.45) is 0 Å². The minimum Gasteiger partial charge on any atom is -0.393 e. The fourth-order valence-corrected chi connectivity index (χ4v) is 6.08. The number of nitrogens with one attached hydrogen (secondary N) is 1.